The molecule has 1 unspecified atom stereocenters. The Balaban J connectivity index is 2.01. The number of urea groups is 1. The zero-order chi connectivity index (χ0) is 13.3. The highest BCUT2D eigenvalue weighted by atomic mass is 16.4. The summed E-state index contributed by atoms with van der Waals surface area (Å²) >= 11 is 0. The van der Waals surface area contributed by atoms with Gasteiger partial charge in [0.25, 0.3) is 0 Å². The third kappa shape index (κ3) is 2.58. The molecule has 1 saturated carbocycles. The van der Waals surface area contributed by atoms with Gasteiger partial charge in [0.15, 0.2) is 0 Å². The maximum absolute atomic E-state index is 12.1. The number of likely N-dealkylation sites (tertiary alicyclic amines) is 1. The second kappa shape index (κ2) is 4.76. The summed E-state index contributed by atoms with van der Waals surface area (Å²) < 4.78 is 0. The molecule has 0 aromatic heterocycles. The number of carboxylic acids is 1. The van der Waals surface area contributed by atoms with Crippen molar-refractivity contribution in [1.82, 2.24) is 10.2 Å². The van der Waals surface area contributed by atoms with Gasteiger partial charge in [0.2, 0.25) is 0 Å². The topological polar surface area (TPSA) is 89.9 Å². The van der Waals surface area contributed by atoms with Crippen molar-refractivity contribution in [2.45, 2.75) is 56.7 Å². The number of aliphatic carboxylic acids is 1. The van der Waals surface area contributed by atoms with Crippen molar-refractivity contribution in [1.29, 1.82) is 0 Å². The molecule has 0 aromatic rings. The zero-order valence-electron chi connectivity index (χ0n) is 10.6. The second-order valence-corrected chi connectivity index (χ2v) is 5.59. The van der Waals surface area contributed by atoms with Crippen LogP contribution in [0.1, 0.15) is 39.0 Å². The van der Waals surface area contributed by atoms with E-state index in [1.54, 1.807) is 0 Å². The molecule has 3 N–H and O–H groups in total. The van der Waals surface area contributed by atoms with Crippen LogP contribution in [0.5, 0.6) is 0 Å². The molecule has 0 aromatic carbocycles. The summed E-state index contributed by atoms with van der Waals surface area (Å²) in [5, 5.41) is 21.5. The highest BCUT2D eigenvalue weighted by Crippen LogP contribution is 2.29. The number of carbonyl (C=O) groups is 2. The molecule has 2 aliphatic rings. The van der Waals surface area contributed by atoms with E-state index in [4.69, 9.17) is 5.11 Å². The Hall–Kier alpha value is -1.30. The van der Waals surface area contributed by atoms with Crippen molar-refractivity contribution in [3.8, 4) is 0 Å². The summed E-state index contributed by atoms with van der Waals surface area (Å²) in [7, 11) is 0. The Morgan fingerprint density at radius 3 is 2.50 bits per heavy atom. The number of hydrogen-bond donors (Lipinski definition) is 3. The van der Waals surface area contributed by atoms with Crippen molar-refractivity contribution in [2.24, 2.45) is 0 Å². The SMILES string of the molecule is CC1(NC(=O)N2CC(O)C[C@H]2C(=O)O)CCCC1. The Bertz CT molecular complexity index is 352. The average Bonchev–Trinajstić information content (AvgIpc) is 2.85. The van der Waals surface area contributed by atoms with Crippen LogP contribution in [0.3, 0.4) is 0 Å². The fourth-order valence-electron chi connectivity index (χ4n) is 2.88. The molecule has 18 heavy (non-hydrogen) atoms. The number of rotatable bonds is 2. The first-order valence-corrected chi connectivity index (χ1v) is 6.41. The van der Waals surface area contributed by atoms with Crippen molar-refractivity contribution in [2.75, 3.05) is 6.54 Å². The van der Waals surface area contributed by atoms with Gasteiger partial charge in [0, 0.05) is 18.5 Å². The first-order chi connectivity index (χ1) is 8.41. The number of nitrogens with zero attached hydrogens (tertiary/aromatic N) is 1. The van der Waals surface area contributed by atoms with Crippen LogP contribution >= 0.6 is 0 Å². The lowest BCUT2D eigenvalue weighted by atomic mass is 10.0. The van der Waals surface area contributed by atoms with Gasteiger partial charge >= 0.3 is 12.0 Å². The van der Waals surface area contributed by atoms with Crippen LogP contribution in [0.15, 0.2) is 0 Å². The standard InChI is InChI=1S/C12H20N2O4/c1-12(4-2-3-5-12)13-11(18)14-7-8(15)6-9(14)10(16)17/h8-9,15H,2-7H2,1H3,(H,13,18)(H,16,17)/t8?,9-/m0/s1. The van der Waals surface area contributed by atoms with Gasteiger partial charge in [0.05, 0.1) is 6.10 Å². The molecule has 1 aliphatic carbocycles. The maximum Gasteiger partial charge on any atom is 0.326 e. The van der Waals surface area contributed by atoms with Gasteiger partial charge in [-0.15, -0.1) is 0 Å². The first-order valence-electron chi connectivity index (χ1n) is 6.41. The molecule has 6 nitrogen and oxygen atoms in total. The monoisotopic (exact) mass is 256 g/mol. The Labute approximate surface area is 106 Å². The maximum atomic E-state index is 12.1. The molecule has 1 saturated heterocycles. The quantitative estimate of drug-likeness (QED) is 0.673. The smallest absolute Gasteiger partial charge is 0.326 e. The molecule has 1 heterocycles. The highest BCUT2D eigenvalue weighted by Gasteiger charge is 2.41. The van der Waals surface area contributed by atoms with Crippen LogP contribution in [0.25, 0.3) is 0 Å². The molecule has 2 amide bonds. The zero-order valence-corrected chi connectivity index (χ0v) is 10.6. The average molecular weight is 256 g/mol. The van der Waals surface area contributed by atoms with E-state index in [-0.39, 0.29) is 24.5 Å². The number of aliphatic hydroxyl groups excluding tert-OH is 1. The minimum absolute atomic E-state index is 0.0961. The molecule has 102 valence electrons. The molecule has 0 spiro atoms. The number of β-amino-alcohol motifs (C(OH)–C–C–N with tert-alkyl or cyclic N) is 1. The van der Waals surface area contributed by atoms with Crippen LogP contribution < -0.4 is 5.32 Å². The predicted octanol–water partition coefficient (Wildman–Crippen LogP) is 0.548. The number of carbonyl (C=O) groups excluding carboxylic acids is 1. The molecule has 1 aliphatic heterocycles. The van der Waals surface area contributed by atoms with E-state index in [1.165, 1.54) is 4.90 Å². The van der Waals surface area contributed by atoms with E-state index in [0.29, 0.717) is 0 Å². The number of hydrogen-bond acceptors (Lipinski definition) is 3. The van der Waals surface area contributed by atoms with Crippen molar-refractivity contribution in [3.63, 3.8) is 0 Å². The van der Waals surface area contributed by atoms with Gasteiger partial charge in [-0.05, 0) is 19.8 Å². The summed E-state index contributed by atoms with van der Waals surface area (Å²) in [6, 6.07) is -1.28. The van der Waals surface area contributed by atoms with E-state index in [2.05, 4.69) is 5.32 Å². The predicted molar refractivity (Wildman–Crippen MR) is 64.2 cm³/mol. The first kappa shape index (κ1) is 13.1. The minimum Gasteiger partial charge on any atom is -0.480 e. The Morgan fingerprint density at radius 2 is 1.94 bits per heavy atom. The largest absolute Gasteiger partial charge is 0.480 e. The molecule has 6 heteroatoms. The van der Waals surface area contributed by atoms with Gasteiger partial charge in [-0.1, -0.05) is 12.8 Å². The number of amides is 2. The summed E-state index contributed by atoms with van der Waals surface area (Å²) in [4.78, 5) is 24.4. The van der Waals surface area contributed by atoms with Crippen LogP contribution in [0.2, 0.25) is 0 Å². The lowest BCUT2D eigenvalue weighted by molar-refractivity contribution is -0.141. The summed E-state index contributed by atoms with van der Waals surface area (Å²) in [6.45, 7) is 2.08. The lowest BCUT2D eigenvalue weighted by Crippen LogP contribution is -2.53. The van der Waals surface area contributed by atoms with E-state index in [9.17, 15) is 14.7 Å². The molecule has 2 atom stereocenters. The van der Waals surface area contributed by atoms with Crippen molar-refractivity contribution >= 4 is 12.0 Å². The third-order valence-electron chi connectivity index (χ3n) is 3.94. The number of carboxylic acid groups (broad SMARTS) is 1. The van der Waals surface area contributed by atoms with Gasteiger partial charge in [-0.2, -0.15) is 0 Å². The minimum atomic E-state index is -1.06. The second-order valence-electron chi connectivity index (χ2n) is 5.59. The van der Waals surface area contributed by atoms with Crippen molar-refractivity contribution in [3.05, 3.63) is 0 Å². The van der Waals surface area contributed by atoms with E-state index < -0.39 is 18.1 Å². The van der Waals surface area contributed by atoms with Gasteiger partial charge in [0.1, 0.15) is 6.04 Å². The van der Waals surface area contributed by atoms with E-state index in [1.807, 2.05) is 6.92 Å². The van der Waals surface area contributed by atoms with E-state index in [0.717, 1.165) is 25.7 Å². The fraction of sp³-hybridized carbons (Fsp3) is 0.833. The number of nitrogens with one attached hydrogen (secondary N) is 1. The molecule has 0 bridgehead atoms. The molecule has 0 radical (unpaired) electrons. The van der Waals surface area contributed by atoms with Crippen LogP contribution in [-0.4, -0.2) is 51.3 Å². The molecule has 2 rings (SSSR count). The third-order valence-corrected chi connectivity index (χ3v) is 3.94. The lowest BCUT2D eigenvalue weighted by Gasteiger charge is -2.30. The number of aliphatic hydroxyl groups is 1. The molecule has 2 fully saturated rings. The van der Waals surface area contributed by atoms with E-state index >= 15 is 0 Å². The van der Waals surface area contributed by atoms with Crippen LogP contribution in [-0.2, 0) is 4.79 Å². The normalized spacial score (nSPS) is 30.4. The Kier molecular flexibility index (Phi) is 3.47. The Morgan fingerprint density at radius 1 is 1.33 bits per heavy atom. The summed E-state index contributed by atoms with van der Waals surface area (Å²) in [6.07, 6.45) is 3.39. The van der Waals surface area contributed by atoms with Crippen molar-refractivity contribution < 1.29 is 19.8 Å². The fourth-order valence-corrected chi connectivity index (χ4v) is 2.88. The van der Waals surface area contributed by atoms with Crippen LogP contribution in [0.4, 0.5) is 4.79 Å². The highest BCUT2D eigenvalue weighted by molar-refractivity contribution is 5.83. The van der Waals surface area contributed by atoms with Gasteiger partial charge in [-0.25, -0.2) is 9.59 Å². The summed E-state index contributed by atoms with van der Waals surface area (Å²) in [5.41, 5.74) is -0.228. The molecular weight excluding hydrogens is 236 g/mol. The summed E-state index contributed by atoms with van der Waals surface area (Å²) in [5.74, 6) is -1.06. The van der Waals surface area contributed by atoms with Gasteiger partial charge < -0.3 is 20.4 Å². The molecular formula is C12H20N2O4. The van der Waals surface area contributed by atoms with Crippen LogP contribution in [0, 0.1) is 0 Å². The van der Waals surface area contributed by atoms with Gasteiger partial charge in [-0.3, -0.25) is 0 Å².